The number of hydrogen-bond donors (Lipinski definition) is 2. The van der Waals surface area contributed by atoms with Gasteiger partial charge in [-0.25, -0.2) is 4.68 Å². The first-order chi connectivity index (χ1) is 6.45. The molecule has 0 saturated carbocycles. The zero-order chi connectivity index (χ0) is 10.9. The Morgan fingerprint density at radius 2 is 1.57 bits per heavy atom. The number of nitrogens with two attached hydrogens (primary N) is 2. The summed E-state index contributed by atoms with van der Waals surface area (Å²) in [5, 5.41) is 7.79. The summed E-state index contributed by atoms with van der Waals surface area (Å²) in [7, 11) is 0. The Morgan fingerprint density at radius 1 is 1.07 bits per heavy atom. The fraction of sp³-hybridized carbons (Fsp3) is 0.778. The third-order valence-corrected chi connectivity index (χ3v) is 2.48. The van der Waals surface area contributed by atoms with Crippen molar-refractivity contribution in [2.45, 2.75) is 33.6 Å². The summed E-state index contributed by atoms with van der Waals surface area (Å²) in [6, 6.07) is 0. The molecule has 0 aromatic carbocycles. The molecule has 4 N–H and O–H groups in total. The maximum atomic E-state index is 5.75. The molecule has 0 fully saturated rings. The van der Waals surface area contributed by atoms with E-state index in [0.29, 0.717) is 17.8 Å². The Hall–Kier alpha value is -1.26. The van der Waals surface area contributed by atoms with Crippen molar-refractivity contribution in [3.63, 3.8) is 0 Å². The van der Waals surface area contributed by atoms with E-state index < -0.39 is 0 Å². The van der Waals surface area contributed by atoms with Gasteiger partial charge in [-0.05, 0) is 11.8 Å². The molecule has 0 atom stereocenters. The lowest BCUT2D eigenvalue weighted by atomic mass is 9.85. The standard InChI is InChI=1S/C9H19N5/c1-5(2)7(6(3)4)8-12-13-9(10)14(8)11/h5-7H,11H2,1-4H3,(H2,10,13). The Morgan fingerprint density at radius 3 is 1.86 bits per heavy atom. The van der Waals surface area contributed by atoms with E-state index in [2.05, 4.69) is 37.9 Å². The number of nitrogen functional groups attached to an aromatic ring is 2. The van der Waals surface area contributed by atoms with E-state index in [1.165, 1.54) is 4.68 Å². The lowest BCUT2D eigenvalue weighted by molar-refractivity contribution is 0.365. The first kappa shape index (κ1) is 10.8. The molecule has 0 radical (unpaired) electrons. The predicted molar refractivity (Wildman–Crippen MR) is 57.0 cm³/mol. The highest BCUT2D eigenvalue weighted by atomic mass is 15.4. The normalized spacial score (nSPS) is 11.9. The second-order valence-electron chi connectivity index (χ2n) is 4.30. The lowest BCUT2D eigenvalue weighted by Crippen LogP contribution is -2.23. The van der Waals surface area contributed by atoms with Gasteiger partial charge >= 0.3 is 0 Å². The lowest BCUT2D eigenvalue weighted by Gasteiger charge is -2.23. The van der Waals surface area contributed by atoms with Crippen molar-refractivity contribution in [1.29, 1.82) is 0 Å². The Labute approximate surface area is 84.5 Å². The molecule has 0 unspecified atom stereocenters. The molecule has 80 valence electrons. The summed E-state index contributed by atoms with van der Waals surface area (Å²) < 4.78 is 1.38. The van der Waals surface area contributed by atoms with Crippen LogP contribution in [0.15, 0.2) is 0 Å². The zero-order valence-corrected chi connectivity index (χ0v) is 9.23. The minimum atomic E-state index is 0.270. The van der Waals surface area contributed by atoms with Gasteiger partial charge in [0.1, 0.15) is 0 Å². The van der Waals surface area contributed by atoms with Crippen LogP contribution in [-0.4, -0.2) is 14.9 Å². The second kappa shape index (κ2) is 3.86. The summed E-state index contributed by atoms with van der Waals surface area (Å²) in [5.74, 6) is 8.03. The predicted octanol–water partition coefficient (Wildman–Crippen LogP) is 0.970. The van der Waals surface area contributed by atoms with E-state index in [1.807, 2.05) is 0 Å². The molecule has 0 saturated heterocycles. The van der Waals surface area contributed by atoms with Crippen LogP contribution in [0.5, 0.6) is 0 Å². The van der Waals surface area contributed by atoms with E-state index in [1.54, 1.807) is 0 Å². The van der Waals surface area contributed by atoms with Crippen LogP contribution in [0.2, 0.25) is 0 Å². The van der Waals surface area contributed by atoms with Crippen LogP contribution in [0.25, 0.3) is 0 Å². The summed E-state index contributed by atoms with van der Waals surface area (Å²) in [6.07, 6.45) is 0. The average molecular weight is 197 g/mol. The maximum Gasteiger partial charge on any atom is 0.240 e. The van der Waals surface area contributed by atoms with E-state index in [9.17, 15) is 0 Å². The highest BCUT2D eigenvalue weighted by Gasteiger charge is 2.25. The topological polar surface area (TPSA) is 82.8 Å². The molecule has 0 amide bonds. The molecule has 1 rings (SSSR count). The van der Waals surface area contributed by atoms with Gasteiger partial charge in [-0.15, -0.1) is 10.2 Å². The molecule has 0 aliphatic heterocycles. The first-order valence-electron chi connectivity index (χ1n) is 4.91. The highest BCUT2D eigenvalue weighted by molar-refractivity contribution is 5.19. The van der Waals surface area contributed by atoms with Gasteiger partial charge in [0.2, 0.25) is 5.95 Å². The third kappa shape index (κ3) is 1.81. The maximum absolute atomic E-state index is 5.75. The molecular weight excluding hydrogens is 178 g/mol. The van der Waals surface area contributed by atoms with Crippen molar-refractivity contribution in [3.05, 3.63) is 5.82 Å². The highest BCUT2D eigenvalue weighted by Crippen LogP contribution is 2.30. The van der Waals surface area contributed by atoms with Crippen LogP contribution >= 0.6 is 0 Å². The summed E-state index contributed by atoms with van der Waals surface area (Å²) in [4.78, 5) is 0. The van der Waals surface area contributed by atoms with Crippen LogP contribution in [0.3, 0.4) is 0 Å². The van der Waals surface area contributed by atoms with Crippen LogP contribution in [0.4, 0.5) is 5.95 Å². The number of anilines is 1. The molecule has 14 heavy (non-hydrogen) atoms. The van der Waals surface area contributed by atoms with Crippen LogP contribution in [-0.2, 0) is 0 Å². The summed E-state index contributed by atoms with van der Waals surface area (Å²) >= 11 is 0. The monoisotopic (exact) mass is 197 g/mol. The Kier molecular flexibility index (Phi) is 2.98. The fourth-order valence-electron chi connectivity index (χ4n) is 1.91. The van der Waals surface area contributed by atoms with Crippen LogP contribution < -0.4 is 11.6 Å². The van der Waals surface area contributed by atoms with Crippen molar-refractivity contribution in [2.24, 2.45) is 11.8 Å². The minimum absolute atomic E-state index is 0.270. The summed E-state index contributed by atoms with van der Waals surface area (Å²) in [5.41, 5.74) is 5.54. The van der Waals surface area contributed by atoms with Crippen molar-refractivity contribution in [1.82, 2.24) is 14.9 Å². The molecule has 1 heterocycles. The number of hydrogen-bond acceptors (Lipinski definition) is 4. The second-order valence-corrected chi connectivity index (χ2v) is 4.30. The fourth-order valence-corrected chi connectivity index (χ4v) is 1.91. The average Bonchev–Trinajstić information content (AvgIpc) is 2.35. The zero-order valence-electron chi connectivity index (χ0n) is 9.23. The quantitative estimate of drug-likeness (QED) is 0.707. The van der Waals surface area contributed by atoms with Gasteiger partial charge in [0.05, 0.1) is 0 Å². The molecule has 0 bridgehead atoms. The Balaban J connectivity index is 3.05. The van der Waals surface area contributed by atoms with E-state index >= 15 is 0 Å². The van der Waals surface area contributed by atoms with E-state index in [-0.39, 0.29) is 5.95 Å². The van der Waals surface area contributed by atoms with Crippen molar-refractivity contribution in [2.75, 3.05) is 11.6 Å². The molecule has 1 aromatic rings. The molecule has 5 nitrogen and oxygen atoms in total. The van der Waals surface area contributed by atoms with Crippen molar-refractivity contribution in [3.8, 4) is 0 Å². The molecule has 1 aromatic heterocycles. The molecular formula is C9H19N5. The van der Waals surface area contributed by atoms with Gasteiger partial charge in [0.25, 0.3) is 0 Å². The van der Waals surface area contributed by atoms with Gasteiger partial charge in [0.15, 0.2) is 5.82 Å². The van der Waals surface area contributed by atoms with E-state index in [0.717, 1.165) is 5.82 Å². The van der Waals surface area contributed by atoms with Gasteiger partial charge in [0, 0.05) is 5.92 Å². The molecule has 0 aliphatic rings. The van der Waals surface area contributed by atoms with Crippen LogP contribution in [0, 0.1) is 11.8 Å². The Bertz CT molecular complexity index is 294. The SMILES string of the molecule is CC(C)C(c1nnc(N)n1N)C(C)C. The van der Waals surface area contributed by atoms with Crippen molar-refractivity contribution < 1.29 is 0 Å². The summed E-state index contributed by atoms with van der Waals surface area (Å²) in [6.45, 7) is 8.59. The van der Waals surface area contributed by atoms with Crippen LogP contribution in [0.1, 0.15) is 39.4 Å². The van der Waals surface area contributed by atoms with Gasteiger partial charge < -0.3 is 11.6 Å². The molecule has 0 aliphatic carbocycles. The smallest absolute Gasteiger partial charge is 0.240 e. The molecule has 5 heteroatoms. The van der Waals surface area contributed by atoms with E-state index in [4.69, 9.17) is 11.6 Å². The van der Waals surface area contributed by atoms with Gasteiger partial charge in [-0.1, -0.05) is 27.7 Å². The minimum Gasteiger partial charge on any atom is -0.366 e. The van der Waals surface area contributed by atoms with Gasteiger partial charge in [-0.3, -0.25) is 0 Å². The van der Waals surface area contributed by atoms with Crippen molar-refractivity contribution >= 4 is 5.95 Å². The van der Waals surface area contributed by atoms with Gasteiger partial charge in [-0.2, -0.15) is 0 Å². The third-order valence-electron chi connectivity index (χ3n) is 2.48. The number of nitrogens with zero attached hydrogens (tertiary/aromatic N) is 3. The first-order valence-corrected chi connectivity index (χ1v) is 4.91. The number of rotatable bonds is 3. The number of aromatic nitrogens is 3. The largest absolute Gasteiger partial charge is 0.366 e. The molecule has 0 spiro atoms.